The summed E-state index contributed by atoms with van der Waals surface area (Å²) in [6, 6.07) is 15.1. The van der Waals surface area contributed by atoms with Gasteiger partial charge in [0.15, 0.2) is 0 Å². The number of nitrogens with one attached hydrogen (secondary N) is 2. The van der Waals surface area contributed by atoms with Gasteiger partial charge < -0.3 is 10.6 Å². The second kappa shape index (κ2) is 6.65. The van der Waals surface area contributed by atoms with E-state index in [0.29, 0.717) is 12.1 Å². The van der Waals surface area contributed by atoms with Gasteiger partial charge >= 0.3 is 0 Å². The SMILES string of the molecule is Cc1cccc(C(=O)NCc2ccc(NC(=O)C3CC3)cc2)c1. The minimum Gasteiger partial charge on any atom is -0.348 e. The van der Waals surface area contributed by atoms with Gasteiger partial charge in [0.1, 0.15) is 0 Å². The third-order valence-electron chi connectivity index (χ3n) is 3.90. The molecule has 0 atom stereocenters. The van der Waals surface area contributed by atoms with Crippen molar-refractivity contribution in [3.63, 3.8) is 0 Å². The Kier molecular flexibility index (Phi) is 4.42. The molecule has 0 spiro atoms. The molecule has 1 aliphatic rings. The largest absolute Gasteiger partial charge is 0.348 e. The molecule has 0 saturated heterocycles. The van der Waals surface area contributed by atoms with Gasteiger partial charge in [-0.1, -0.05) is 29.8 Å². The van der Waals surface area contributed by atoms with Crippen LogP contribution in [0.3, 0.4) is 0 Å². The highest BCUT2D eigenvalue weighted by molar-refractivity contribution is 5.94. The van der Waals surface area contributed by atoms with Crippen LogP contribution in [0.5, 0.6) is 0 Å². The number of benzene rings is 2. The van der Waals surface area contributed by atoms with Crippen molar-refractivity contribution in [2.45, 2.75) is 26.3 Å². The van der Waals surface area contributed by atoms with Crippen molar-refractivity contribution in [1.82, 2.24) is 5.32 Å². The summed E-state index contributed by atoms with van der Waals surface area (Å²) in [5.74, 6) is 0.216. The Balaban J connectivity index is 1.53. The highest BCUT2D eigenvalue weighted by Gasteiger charge is 2.29. The molecule has 0 radical (unpaired) electrons. The van der Waals surface area contributed by atoms with Crippen LogP contribution >= 0.6 is 0 Å². The Labute approximate surface area is 135 Å². The molecule has 4 nitrogen and oxygen atoms in total. The third kappa shape index (κ3) is 4.19. The lowest BCUT2D eigenvalue weighted by Crippen LogP contribution is -2.22. The van der Waals surface area contributed by atoms with E-state index in [1.54, 1.807) is 6.07 Å². The minimum atomic E-state index is -0.0835. The number of hydrogen-bond donors (Lipinski definition) is 2. The predicted octanol–water partition coefficient (Wildman–Crippen LogP) is 3.27. The summed E-state index contributed by atoms with van der Waals surface area (Å²) in [6.07, 6.45) is 1.99. The van der Waals surface area contributed by atoms with Gasteiger partial charge in [0.25, 0.3) is 5.91 Å². The van der Waals surface area contributed by atoms with E-state index in [2.05, 4.69) is 10.6 Å². The van der Waals surface area contributed by atoms with Crippen molar-refractivity contribution < 1.29 is 9.59 Å². The second-order valence-electron chi connectivity index (χ2n) is 6.01. The zero-order valence-corrected chi connectivity index (χ0v) is 13.1. The van der Waals surface area contributed by atoms with E-state index < -0.39 is 0 Å². The van der Waals surface area contributed by atoms with E-state index in [0.717, 1.165) is 29.7 Å². The van der Waals surface area contributed by atoms with Crippen molar-refractivity contribution in [2.75, 3.05) is 5.32 Å². The number of rotatable bonds is 5. The Bertz CT molecular complexity index is 718. The number of amides is 2. The molecule has 1 aliphatic carbocycles. The van der Waals surface area contributed by atoms with E-state index in [9.17, 15) is 9.59 Å². The van der Waals surface area contributed by atoms with Gasteiger partial charge in [0.2, 0.25) is 5.91 Å². The molecule has 2 aromatic carbocycles. The molecule has 2 N–H and O–H groups in total. The summed E-state index contributed by atoms with van der Waals surface area (Å²) in [5.41, 5.74) is 3.53. The maximum absolute atomic E-state index is 12.1. The first-order valence-corrected chi connectivity index (χ1v) is 7.86. The normalized spacial score (nSPS) is 13.4. The molecule has 0 aliphatic heterocycles. The fraction of sp³-hybridized carbons (Fsp3) is 0.263. The number of hydrogen-bond acceptors (Lipinski definition) is 2. The molecule has 2 aromatic rings. The molecule has 1 saturated carbocycles. The highest BCUT2D eigenvalue weighted by Crippen LogP contribution is 2.30. The second-order valence-corrected chi connectivity index (χ2v) is 6.01. The van der Waals surface area contributed by atoms with Crippen LogP contribution in [-0.2, 0) is 11.3 Å². The first kappa shape index (κ1) is 15.3. The third-order valence-corrected chi connectivity index (χ3v) is 3.90. The van der Waals surface area contributed by atoms with Gasteiger partial charge in [0.05, 0.1) is 0 Å². The average molecular weight is 308 g/mol. The molecule has 0 aromatic heterocycles. The number of aryl methyl sites for hydroxylation is 1. The van der Waals surface area contributed by atoms with Crippen molar-refractivity contribution in [3.8, 4) is 0 Å². The van der Waals surface area contributed by atoms with E-state index in [1.807, 2.05) is 49.4 Å². The van der Waals surface area contributed by atoms with Gasteiger partial charge in [-0.2, -0.15) is 0 Å². The molecule has 0 heterocycles. The van der Waals surface area contributed by atoms with Crippen LogP contribution in [-0.4, -0.2) is 11.8 Å². The topological polar surface area (TPSA) is 58.2 Å². The maximum atomic E-state index is 12.1. The predicted molar refractivity (Wildman–Crippen MR) is 90.1 cm³/mol. The smallest absolute Gasteiger partial charge is 0.251 e. The van der Waals surface area contributed by atoms with Crippen LogP contribution in [0.25, 0.3) is 0 Å². The number of carbonyl (C=O) groups excluding carboxylic acids is 2. The van der Waals surface area contributed by atoms with E-state index in [-0.39, 0.29) is 17.7 Å². The van der Waals surface area contributed by atoms with Crippen LogP contribution in [0.1, 0.15) is 34.3 Å². The van der Waals surface area contributed by atoms with Gasteiger partial charge in [-0.25, -0.2) is 0 Å². The lowest BCUT2D eigenvalue weighted by molar-refractivity contribution is -0.117. The lowest BCUT2D eigenvalue weighted by atomic mass is 10.1. The molecule has 0 unspecified atom stereocenters. The summed E-state index contributed by atoms with van der Waals surface area (Å²) in [5, 5.41) is 5.81. The summed E-state index contributed by atoms with van der Waals surface area (Å²) >= 11 is 0. The van der Waals surface area contributed by atoms with E-state index in [1.165, 1.54) is 0 Å². The molecule has 2 amide bonds. The van der Waals surface area contributed by atoms with Crippen molar-refractivity contribution in [3.05, 3.63) is 65.2 Å². The molecule has 118 valence electrons. The fourth-order valence-corrected chi connectivity index (χ4v) is 2.37. The van der Waals surface area contributed by atoms with Crippen LogP contribution in [0, 0.1) is 12.8 Å². The van der Waals surface area contributed by atoms with Crippen LogP contribution in [0.4, 0.5) is 5.69 Å². The Morgan fingerprint density at radius 2 is 1.83 bits per heavy atom. The Hall–Kier alpha value is -2.62. The van der Waals surface area contributed by atoms with Crippen molar-refractivity contribution in [2.24, 2.45) is 5.92 Å². The zero-order valence-electron chi connectivity index (χ0n) is 13.1. The Morgan fingerprint density at radius 3 is 2.48 bits per heavy atom. The van der Waals surface area contributed by atoms with E-state index >= 15 is 0 Å². The van der Waals surface area contributed by atoms with Gasteiger partial charge in [-0.15, -0.1) is 0 Å². The summed E-state index contributed by atoms with van der Waals surface area (Å²) in [6.45, 7) is 2.43. The van der Waals surface area contributed by atoms with Gasteiger partial charge in [-0.3, -0.25) is 9.59 Å². The molecular weight excluding hydrogens is 288 g/mol. The average Bonchev–Trinajstić information content (AvgIpc) is 3.39. The lowest BCUT2D eigenvalue weighted by Gasteiger charge is -2.08. The van der Waals surface area contributed by atoms with Crippen LogP contribution < -0.4 is 10.6 Å². The first-order chi connectivity index (χ1) is 11.1. The Morgan fingerprint density at radius 1 is 1.09 bits per heavy atom. The maximum Gasteiger partial charge on any atom is 0.251 e. The van der Waals surface area contributed by atoms with Crippen LogP contribution in [0.15, 0.2) is 48.5 Å². The minimum absolute atomic E-state index is 0.0835. The standard InChI is InChI=1S/C19H20N2O2/c1-13-3-2-4-16(11-13)18(22)20-12-14-5-9-17(10-6-14)21-19(23)15-7-8-15/h2-6,9-11,15H,7-8,12H2,1H3,(H,20,22)(H,21,23). The van der Waals surface area contributed by atoms with Crippen molar-refractivity contribution in [1.29, 1.82) is 0 Å². The molecule has 0 bridgehead atoms. The summed E-state index contributed by atoms with van der Waals surface area (Å²) in [7, 11) is 0. The van der Waals surface area contributed by atoms with Gasteiger partial charge in [0, 0.05) is 23.7 Å². The monoisotopic (exact) mass is 308 g/mol. The highest BCUT2D eigenvalue weighted by atomic mass is 16.2. The first-order valence-electron chi connectivity index (χ1n) is 7.86. The zero-order chi connectivity index (χ0) is 16.2. The number of anilines is 1. The fourth-order valence-electron chi connectivity index (χ4n) is 2.37. The van der Waals surface area contributed by atoms with Gasteiger partial charge in [-0.05, 0) is 49.6 Å². The van der Waals surface area contributed by atoms with Crippen LogP contribution in [0.2, 0.25) is 0 Å². The quantitative estimate of drug-likeness (QED) is 0.890. The summed E-state index contributed by atoms with van der Waals surface area (Å²) in [4.78, 5) is 23.8. The van der Waals surface area contributed by atoms with E-state index in [4.69, 9.17) is 0 Å². The summed E-state index contributed by atoms with van der Waals surface area (Å²) < 4.78 is 0. The molecule has 4 heteroatoms. The molecular formula is C19H20N2O2. The molecule has 23 heavy (non-hydrogen) atoms. The van der Waals surface area contributed by atoms with Crippen molar-refractivity contribution >= 4 is 17.5 Å². The number of carbonyl (C=O) groups is 2. The molecule has 1 fully saturated rings. The molecule has 3 rings (SSSR count).